The number of hydrogen-bond donors (Lipinski definition) is 1. The molecule has 3 unspecified atom stereocenters. The zero-order valence-electron chi connectivity index (χ0n) is 11.0. The lowest BCUT2D eigenvalue weighted by molar-refractivity contribution is -0.385. The molecule has 1 aromatic rings. The summed E-state index contributed by atoms with van der Waals surface area (Å²) >= 11 is 0. The minimum Gasteiger partial charge on any atom is -0.481 e. The van der Waals surface area contributed by atoms with Crippen LogP contribution in [0.3, 0.4) is 0 Å². The van der Waals surface area contributed by atoms with E-state index in [-0.39, 0.29) is 23.5 Å². The van der Waals surface area contributed by atoms with E-state index in [1.165, 1.54) is 12.1 Å². The van der Waals surface area contributed by atoms with Gasteiger partial charge in [0.2, 0.25) is 5.69 Å². The van der Waals surface area contributed by atoms with Crippen LogP contribution in [0.1, 0.15) is 25.0 Å². The van der Waals surface area contributed by atoms with Crippen molar-refractivity contribution in [3.05, 3.63) is 27.9 Å². The molecule has 0 saturated carbocycles. The number of nitriles is 1. The van der Waals surface area contributed by atoms with Crippen LogP contribution in [-0.2, 0) is 4.79 Å². The summed E-state index contributed by atoms with van der Waals surface area (Å²) < 4.78 is 0. The smallest absolute Gasteiger partial charge is 0.308 e. The van der Waals surface area contributed by atoms with Crippen LogP contribution in [0, 0.1) is 27.4 Å². The number of carboxylic acid groups (broad SMARTS) is 1. The van der Waals surface area contributed by atoms with Crippen LogP contribution >= 0.6 is 0 Å². The molecule has 1 N–H and O–H groups in total. The number of carbonyl (C=O) groups is 1. The predicted octanol–water partition coefficient (Wildman–Crippen LogP) is 1.30. The summed E-state index contributed by atoms with van der Waals surface area (Å²) in [6.45, 7) is 0. The molecule has 0 aromatic carbocycles. The van der Waals surface area contributed by atoms with Crippen molar-refractivity contribution in [1.82, 2.24) is 4.98 Å². The summed E-state index contributed by atoms with van der Waals surface area (Å²) in [5.41, 5.74) is -0.571. The van der Waals surface area contributed by atoms with Crippen LogP contribution in [0.2, 0.25) is 0 Å². The van der Waals surface area contributed by atoms with Crippen molar-refractivity contribution in [2.45, 2.75) is 31.3 Å². The van der Waals surface area contributed by atoms with Crippen molar-refractivity contribution >= 4 is 17.5 Å². The van der Waals surface area contributed by atoms with E-state index in [4.69, 9.17) is 5.26 Å². The maximum Gasteiger partial charge on any atom is 0.308 e. The molecule has 8 heteroatoms. The first-order chi connectivity index (χ1) is 10.0. The molecule has 3 heterocycles. The molecule has 21 heavy (non-hydrogen) atoms. The number of anilines is 1. The number of nitro groups is 1. The zero-order chi connectivity index (χ0) is 15.1. The Morgan fingerprint density at radius 1 is 1.52 bits per heavy atom. The molecule has 2 aliphatic rings. The van der Waals surface area contributed by atoms with Gasteiger partial charge in [-0.25, -0.2) is 4.98 Å². The van der Waals surface area contributed by atoms with Gasteiger partial charge in [0.15, 0.2) is 0 Å². The van der Waals surface area contributed by atoms with Gasteiger partial charge in [-0.1, -0.05) is 0 Å². The van der Waals surface area contributed by atoms with Gasteiger partial charge in [-0.15, -0.1) is 0 Å². The van der Waals surface area contributed by atoms with Crippen molar-refractivity contribution in [2.75, 3.05) is 4.90 Å². The first-order valence-corrected chi connectivity index (χ1v) is 6.59. The van der Waals surface area contributed by atoms with Gasteiger partial charge in [0, 0.05) is 18.2 Å². The Kier molecular flexibility index (Phi) is 2.97. The van der Waals surface area contributed by atoms with Crippen LogP contribution < -0.4 is 4.90 Å². The fourth-order valence-electron chi connectivity index (χ4n) is 3.43. The van der Waals surface area contributed by atoms with Gasteiger partial charge >= 0.3 is 11.7 Å². The summed E-state index contributed by atoms with van der Waals surface area (Å²) in [5.74, 6) is -0.811. The summed E-state index contributed by atoms with van der Waals surface area (Å²) in [6, 6.07) is 4.42. The number of aromatic nitrogens is 1. The van der Waals surface area contributed by atoms with Crippen LogP contribution in [0.5, 0.6) is 0 Å². The minimum atomic E-state index is -0.824. The lowest BCUT2D eigenvalue weighted by Crippen LogP contribution is -2.33. The van der Waals surface area contributed by atoms with E-state index in [1.807, 2.05) is 4.90 Å². The van der Waals surface area contributed by atoms with Crippen molar-refractivity contribution in [2.24, 2.45) is 5.92 Å². The Bertz CT molecular complexity index is 669. The van der Waals surface area contributed by atoms with Gasteiger partial charge in [-0.3, -0.25) is 14.9 Å². The Morgan fingerprint density at radius 3 is 2.86 bits per heavy atom. The molecule has 1 aromatic heterocycles. The van der Waals surface area contributed by atoms with Crippen LogP contribution in [-0.4, -0.2) is 33.1 Å². The number of rotatable bonds is 3. The second kappa shape index (κ2) is 4.70. The molecule has 2 saturated heterocycles. The third-order valence-corrected chi connectivity index (χ3v) is 4.28. The molecule has 0 aliphatic carbocycles. The van der Waals surface area contributed by atoms with Crippen LogP contribution in [0.4, 0.5) is 11.5 Å². The normalized spacial score (nSPS) is 26.6. The average molecular weight is 288 g/mol. The molecular formula is C13H12N4O4. The zero-order valence-corrected chi connectivity index (χ0v) is 11.0. The fraction of sp³-hybridized carbons (Fsp3) is 0.462. The number of pyridine rings is 1. The minimum absolute atomic E-state index is 0.0802. The Hall–Kier alpha value is -2.69. The van der Waals surface area contributed by atoms with E-state index in [9.17, 15) is 20.0 Å². The molecule has 3 rings (SSSR count). The van der Waals surface area contributed by atoms with E-state index in [0.29, 0.717) is 12.2 Å². The van der Waals surface area contributed by atoms with Crippen LogP contribution in [0.25, 0.3) is 0 Å². The number of hydrogen-bond acceptors (Lipinski definition) is 6. The van der Waals surface area contributed by atoms with E-state index < -0.39 is 16.8 Å². The number of fused-ring (bicyclic) bond motifs is 2. The highest BCUT2D eigenvalue weighted by Gasteiger charge is 2.50. The Labute approximate surface area is 119 Å². The Morgan fingerprint density at radius 2 is 2.29 bits per heavy atom. The third kappa shape index (κ3) is 1.98. The quantitative estimate of drug-likeness (QED) is 0.657. The standard InChI is InChI=1S/C13H12N4O4/c14-6-9-11(17(20)21)3-4-12(15-9)16-7-1-2-10(16)8(5-7)13(18)19/h3-4,7-8,10H,1-2,5H2,(H,18,19). The SMILES string of the molecule is N#Cc1nc(N2C3CCC2C(C(=O)O)C3)ccc1[N+](=O)[O-]. The second-order valence-electron chi connectivity index (χ2n) is 5.29. The van der Waals surface area contributed by atoms with Crippen LogP contribution in [0.15, 0.2) is 12.1 Å². The summed E-state index contributed by atoms with van der Waals surface area (Å²) in [7, 11) is 0. The van der Waals surface area contributed by atoms with E-state index in [2.05, 4.69) is 4.98 Å². The highest BCUT2D eigenvalue weighted by Crippen LogP contribution is 2.44. The van der Waals surface area contributed by atoms with E-state index >= 15 is 0 Å². The Balaban J connectivity index is 1.97. The molecule has 0 radical (unpaired) electrons. The topological polar surface area (TPSA) is 120 Å². The molecule has 3 atom stereocenters. The highest BCUT2D eigenvalue weighted by atomic mass is 16.6. The lowest BCUT2D eigenvalue weighted by Gasteiger charge is -2.24. The summed E-state index contributed by atoms with van der Waals surface area (Å²) in [4.78, 5) is 27.4. The largest absolute Gasteiger partial charge is 0.481 e. The molecule has 108 valence electrons. The molecule has 2 fully saturated rings. The molecule has 0 amide bonds. The third-order valence-electron chi connectivity index (χ3n) is 4.28. The maximum absolute atomic E-state index is 11.2. The average Bonchev–Trinajstić information content (AvgIpc) is 3.04. The molecule has 8 nitrogen and oxygen atoms in total. The van der Waals surface area contributed by atoms with Gasteiger partial charge in [-0.05, 0) is 25.3 Å². The molecule has 2 aliphatic heterocycles. The monoisotopic (exact) mass is 288 g/mol. The molecule has 2 bridgehead atoms. The van der Waals surface area contributed by atoms with Gasteiger partial charge < -0.3 is 10.0 Å². The van der Waals surface area contributed by atoms with Gasteiger partial charge in [0.25, 0.3) is 0 Å². The number of nitrogens with zero attached hydrogens (tertiary/aromatic N) is 4. The van der Waals surface area contributed by atoms with Crippen molar-refractivity contribution in [3.8, 4) is 6.07 Å². The molecular weight excluding hydrogens is 276 g/mol. The fourth-order valence-corrected chi connectivity index (χ4v) is 3.43. The predicted molar refractivity (Wildman–Crippen MR) is 70.6 cm³/mol. The molecule has 0 spiro atoms. The van der Waals surface area contributed by atoms with Gasteiger partial charge in [0.05, 0.1) is 10.8 Å². The van der Waals surface area contributed by atoms with Crippen molar-refractivity contribution in [3.63, 3.8) is 0 Å². The first kappa shape index (κ1) is 13.3. The second-order valence-corrected chi connectivity index (χ2v) is 5.29. The van der Waals surface area contributed by atoms with E-state index in [0.717, 1.165) is 12.8 Å². The van der Waals surface area contributed by atoms with Crippen molar-refractivity contribution < 1.29 is 14.8 Å². The summed E-state index contributed by atoms with van der Waals surface area (Å²) in [6.07, 6.45) is 2.21. The van der Waals surface area contributed by atoms with E-state index in [1.54, 1.807) is 6.07 Å². The van der Waals surface area contributed by atoms with Crippen molar-refractivity contribution in [1.29, 1.82) is 5.26 Å². The number of aliphatic carboxylic acids is 1. The maximum atomic E-state index is 11.2. The van der Waals surface area contributed by atoms with Gasteiger partial charge in [0.1, 0.15) is 11.9 Å². The highest BCUT2D eigenvalue weighted by molar-refractivity contribution is 5.74. The summed E-state index contributed by atoms with van der Waals surface area (Å²) in [5, 5.41) is 29.0. The number of carboxylic acids is 1. The first-order valence-electron chi connectivity index (χ1n) is 6.59. The van der Waals surface area contributed by atoms with Gasteiger partial charge in [-0.2, -0.15) is 5.26 Å². The lowest BCUT2D eigenvalue weighted by atomic mass is 9.89.